The Hall–Kier alpha value is -3.18. The first-order chi connectivity index (χ1) is 16.9. The molecule has 5 rings (SSSR count). The van der Waals surface area contributed by atoms with Crippen molar-refractivity contribution in [3.8, 4) is 10.6 Å². The second-order valence-corrected chi connectivity index (χ2v) is 9.73. The summed E-state index contributed by atoms with van der Waals surface area (Å²) < 4.78 is 15.1. The monoisotopic (exact) mass is 495 g/mol. The van der Waals surface area contributed by atoms with Crippen molar-refractivity contribution >= 4 is 33.3 Å². The smallest absolute Gasteiger partial charge is 0.225 e. The maximum atomic E-state index is 14.1. The van der Waals surface area contributed by atoms with Crippen LogP contribution in [0.1, 0.15) is 17.7 Å². The van der Waals surface area contributed by atoms with Crippen LogP contribution in [0, 0.1) is 18.7 Å². The van der Waals surface area contributed by atoms with Gasteiger partial charge < -0.3 is 26.0 Å². The first-order valence-electron chi connectivity index (χ1n) is 11.4. The molecule has 4 atom stereocenters. The van der Waals surface area contributed by atoms with E-state index in [1.165, 1.54) is 17.4 Å². The number of benzene rings is 2. The van der Waals surface area contributed by atoms with Gasteiger partial charge in [-0.1, -0.05) is 30.3 Å². The molecule has 0 spiro atoms. The first-order valence-corrected chi connectivity index (χ1v) is 12.2. The summed E-state index contributed by atoms with van der Waals surface area (Å²) in [6, 6.07) is 13.8. The van der Waals surface area contributed by atoms with Gasteiger partial charge in [-0.2, -0.15) is 4.98 Å². The number of aromatic nitrogens is 3. The van der Waals surface area contributed by atoms with E-state index in [9.17, 15) is 19.7 Å². The predicted molar refractivity (Wildman–Crippen MR) is 134 cm³/mol. The fourth-order valence-corrected chi connectivity index (χ4v) is 5.50. The zero-order valence-electron chi connectivity index (χ0n) is 19.0. The summed E-state index contributed by atoms with van der Waals surface area (Å²) >= 11 is 1.51. The second-order valence-electron chi connectivity index (χ2n) is 8.70. The van der Waals surface area contributed by atoms with Crippen LogP contribution in [0.4, 0.5) is 16.2 Å². The minimum Gasteiger partial charge on any atom is -0.396 e. The zero-order valence-corrected chi connectivity index (χ0v) is 19.8. The van der Waals surface area contributed by atoms with E-state index >= 15 is 0 Å². The molecule has 1 aliphatic rings. The first kappa shape index (κ1) is 23.6. The van der Waals surface area contributed by atoms with E-state index in [0.717, 1.165) is 15.2 Å². The van der Waals surface area contributed by atoms with Gasteiger partial charge in [0.1, 0.15) is 22.7 Å². The summed E-state index contributed by atoms with van der Waals surface area (Å²) in [5.41, 5.74) is 2.69. The molecule has 0 aliphatic heterocycles. The van der Waals surface area contributed by atoms with Crippen LogP contribution in [0.15, 0.2) is 48.5 Å². The topological polar surface area (TPSA) is 123 Å². The van der Waals surface area contributed by atoms with Crippen molar-refractivity contribution in [2.75, 3.05) is 17.2 Å². The maximum Gasteiger partial charge on any atom is 0.225 e. The number of halogens is 1. The van der Waals surface area contributed by atoms with E-state index < -0.39 is 24.2 Å². The van der Waals surface area contributed by atoms with Gasteiger partial charge in [-0.3, -0.25) is 0 Å². The van der Waals surface area contributed by atoms with Crippen molar-refractivity contribution < 1.29 is 19.7 Å². The van der Waals surface area contributed by atoms with Crippen molar-refractivity contribution in [3.63, 3.8) is 0 Å². The zero-order chi connectivity index (χ0) is 24.5. The van der Waals surface area contributed by atoms with Crippen molar-refractivity contribution in [2.45, 2.75) is 38.1 Å². The van der Waals surface area contributed by atoms with Crippen LogP contribution in [0.5, 0.6) is 0 Å². The fraction of sp³-hybridized carbons (Fsp3) is 0.320. The number of rotatable bonds is 7. The lowest BCUT2D eigenvalue weighted by molar-refractivity contribution is 0.00446. The third-order valence-corrected chi connectivity index (χ3v) is 7.40. The van der Waals surface area contributed by atoms with Gasteiger partial charge in [-0.15, -0.1) is 11.3 Å². The molecule has 1 saturated carbocycles. The second kappa shape index (κ2) is 9.82. The summed E-state index contributed by atoms with van der Waals surface area (Å²) in [5.74, 6) is -0.0125. The summed E-state index contributed by atoms with van der Waals surface area (Å²) in [5, 5.41) is 37.5. The number of anilines is 2. The highest BCUT2D eigenvalue weighted by atomic mass is 32.1. The van der Waals surface area contributed by atoms with E-state index in [1.54, 1.807) is 18.2 Å². The summed E-state index contributed by atoms with van der Waals surface area (Å²) in [4.78, 5) is 14.0. The van der Waals surface area contributed by atoms with Gasteiger partial charge in [0.05, 0.1) is 33.6 Å². The van der Waals surface area contributed by atoms with E-state index in [2.05, 4.69) is 20.6 Å². The van der Waals surface area contributed by atoms with Gasteiger partial charge in [0.25, 0.3) is 0 Å². The van der Waals surface area contributed by atoms with Gasteiger partial charge >= 0.3 is 0 Å². The molecule has 2 heterocycles. The van der Waals surface area contributed by atoms with Gasteiger partial charge in [0.2, 0.25) is 5.95 Å². The molecule has 35 heavy (non-hydrogen) atoms. The van der Waals surface area contributed by atoms with Crippen LogP contribution >= 0.6 is 11.3 Å². The lowest BCUT2D eigenvalue weighted by atomic mass is 10.1. The number of fused-ring (bicyclic) bond motifs is 1. The van der Waals surface area contributed by atoms with Crippen molar-refractivity contribution in [1.82, 2.24) is 15.0 Å². The van der Waals surface area contributed by atoms with Crippen LogP contribution in [0.25, 0.3) is 20.8 Å². The highest BCUT2D eigenvalue weighted by Crippen LogP contribution is 2.38. The van der Waals surface area contributed by atoms with Crippen LogP contribution in [-0.2, 0) is 6.54 Å². The Kier molecular flexibility index (Phi) is 6.61. The van der Waals surface area contributed by atoms with Gasteiger partial charge in [-0.25, -0.2) is 14.4 Å². The Morgan fingerprint density at radius 1 is 1.03 bits per heavy atom. The fourth-order valence-electron chi connectivity index (χ4n) is 4.43. The number of thiazole rings is 1. The van der Waals surface area contributed by atoms with Gasteiger partial charge in [0, 0.05) is 24.6 Å². The molecule has 182 valence electrons. The molecule has 5 N–H and O–H groups in total. The SMILES string of the molecule is Cc1nc(NCc2ccccc2F)nc(N[C@@H]2C[C@H](CO)[C@@H](O)[C@H]2O)c1-c1nc2ccccc2s1. The Morgan fingerprint density at radius 2 is 1.80 bits per heavy atom. The Morgan fingerprint density at radius 3 is 2.54 bits per heavy atom. The number of hydrogen-bond acceptors (Lipinski definition) is 9. The average Bonchev–Trinajstić information content (AvgIpc) is 3.39. The molecule has 0 bridgehead atoms. The largest absolute Gasteiger partial charge is 0.396 e. The Bertz CT molecular complexity index is 1320. The number of nitrogens with one attached hydrogen (secondary N) is 2. The molecule has 2 aromatic heterocycles. The van der Waals surface area contributed by atoms with E-state index in [-0.39, 0.29) is 19.0 Å². The number of nitrogens with zero attached hydrogens (tertiary/aromatic N) is 3. The van der Waals surface area contributed by atoms with Crippen LogP contribution in [0.3, 0.4) is 0 Å². The number of aliphatic hydroxyl groups excluding tert-OH is 3. The molecule has 1 fully saturated rings. The van der Waals surface area contributed by atoms with E-state index in [0.29, 0.717) is 35.0 Å². The quantitative estimate of drug-likeness (QED) is 0.265. The van der Waals surface area contributed by atoms with Gasteiger partial charge in [-0.05, 0) is 31.5 Å². The average molecular weight is 496 g/mol. The normalized spacial score (nSPS) is 22.0. The van der Waals surface area contributed by atoms with Crippen LogP contribution in [-0.4, -0.2) is 55.1 Å². The number of para-hydroxylation sites is 1. The molecule has 1 aliphatic carbocycles. The Balaban J connectivity index is 1.52. The third kappa shape index (κ3) is 4.70. The van der Waals surface area contributed by atoms with Crippen LogP contribution in [0.2, 0.25) is 0 Å². The summed E-state index contributed by atoms with van der Waals surface area (Å²) in [6.07, 6.45) is -1.73. The molecule has 4 aromatic rings. The standard InChI is InChI=1S/C25H26FN5O3S/c1-13-20(24-30-17-8-4-5-9-19(17)35-24)23(29-18-10-15(12-32)21(33)22(18)34)31-25(28-13)27-11-14-6-2-3-7-16(14)26/h2-9,15,18,21-22,32-34H,10-12H2,1H3,(H2,27,28,29,31)/t15-,18-,21-,22+/m1/s1. The number of aliphatic hydroxyl groups is 3. The summed E-state index contributed by atoms with van der Waals surface area (Å²) in [7, 11) is 0. The summed E-state index contributed by atoms with van der Waals surface area (Å²) in [6.45, 7) is 1.82. The third-order valence-electron chi connectivity index (χ3n) is 6.35. The predicted octanol–water partition coefficient (Wildman–Crippen LogP) is 3.33. The van der Waals surface area contributed by atoms with Gasteiger partial charge in [0.15, 0.2) is 0 Å². The molecule has 10 heteroatoms. The molecular weight excluding hydrogens is 469 g/mol. The Labute approximate surface area is 205 Å². The lowest BCUT2D eigenvalue weighted by Gasteiger charge is -2.21. The maximum absolute atomic E-state index is 14.1. The highest BCUT2D eigenvalue weighted by molar-refractivity contribution is 7.21. The number of aryl methyl sites for hydroxylation is 1. The molecule has 0 unspecified atom stereocenters. The van der Waals surface area contributed by atoms with Crippen molar-refractivity contribution in [2.24, 2.45) is 5.92 Å². The molecule has 8 nitrogen and oxygen atoms in total. The minimum absolute atomic E-state index is 0.198. The minimum atomic E-state index is -1.07. The van der Waals surface area contributed by atoms with Crippen molar-refractivity contribution in [1.29, 1.82) is 0 Å². The molecular formula is C25H26FN5O3S. The lowest BCUT2D eigenvalue weighted by Crippen LogP contribution is -2.35. The molecule has 0 radical (unpaired) electrons. The molecule has 0 amide bonds. The van der Waals surface area contributed by atoms with Crippen LogP contribution < -0.4 is 10.6 Å². The number of hydrogen-bond donors (Lipinski definition) is 5. The van der Waals surface area contributed by atoms with Crippen molar-refractivity contribution in [3.05, 3.63) is 65.6 Å². The molecule has 2 aromatic carbocycles. The van der Waals surface area contributed by atoms with E-state index in [4.69, 9.17) is 4.98 Å². The highest BCUT2D eigenvalue weighted by Gasteiger charge is 2.41. The van der Waals surface area contributed by atoms with E-state index in [1.807, 2.05) is 31.2 Å². The molecule has 0 saturated heterocycles.